The van der Waals surface area contributed by atoms with Crippen LogP contribution in [0.3, 0.4) is 0 Å². The molecule has 34 heavy (non-hydrogen) atoms. The number of benzene rings is 1. The first-order valence-electron chi connectivity index (χ1n) is 11.9. The highest BCUT2D eigenvalue weighted by Gasteiger charge is 2.36. The molecular weight excluding hydrogens is 473 g/mol. The van der Waals surface area contributed by atoms with Gasteiger partial charge in [0.05, 0.1) is 10.9 Å². The van der Waals surface area contributed by atoms with Gasteiger partial charge in [0.15, 0.2) is 5.17 Å². The Balaban J connectivity index is 1.64. The van der Waals surface area contributed by atoms with Gasteiger partial charge in [-0.25, -0.2) is 14.2 Å². The summed E-state index contributed by atoms with van der Waals surface area (Å²) in [5.74, 6) is -0.369. The fourth-order valence-electron chi connectivity index (χ4n) is 5.04. The second-order valence-electron chi connectivity index (χ2n) is 8.71. The minimum absolute atomic E-state index is 0.254. The topological polar surface area (TPSA) is 71.4 Å². The van der Waals surface area contributed by atoms with Crippen LogP contribution in [0, 0.1) is 5.82 Å². The maximum Gasteiger partial charge on any atom is 0.407 e. The van der Waals surface area contributed by atoms with Crippen molar-refractivity contribution in [1.29, 1.82) is 0 Å². The summed E-state index contributed by atoms with van der Waals surface area (Å²) in [6.45, 7) is 10.1. The molecule has 2 atom stereocenters. The number of amidine groups is 1. The number of thioether (sulfide) groups is 1. The maximum absolute atomic E-state index is 14.5. The molecule has 0 spiro atoms. The highest BCUT2D eigenvalue weighted by Crippen LogP contribution is 2.38. The molecule has 1 aromatic carbocycles. The number of carboxylic acid groups (broad SMARTS) is 1. The Hall–Kier alpha value is -2.01. The van der Waals surface area contributed by atoms with E-state index in [2.05, 4.69) is 34.0 Å². The molecule has 2 fully saturated rings. The monoisotopic (exact) mass is 505 g/mol. The number of carbonyl (C=O) groups is 1. The van der Waals surface area contributed by atoms with Gasteiger partial charge in [-0.15, -0.1) is 0 Å². The zero-order valence-corrected chi connectivity index (χ0v) is 21.3. The van der Waals surface area contributed by atoms with Crippen LogP contribution in [0.5, 0.6) is 0 Å². The van der Waals surface area contributed by atoms with Crippen LogP contribution in [-0.4, -0.2) is 87.9 Å². The van der Waals surface area contributed by atoms with Crippen molar-refractivity contribution in [2.75, 3.05) is 45.8 Å². The predicted molar refractivity (Wildman–Crippen MR) is 140 cm³/mol. The van der Waals surface area contributed by atoms with Gasteiger partial charge in [-0.1, -0.05) is 32.1 Å². The van der Waals surface area contributed by atoms with Crippen molar-refractivity contribution in [2.24, 2.45) is 4.99 Å². The third kappa shape index (κ3) is 5.45. The summed E-state index contributed by atoms with van der Waals surface area (Å²) < 4.78 is 14.5. The van der Waals surface area contributed by atoms with Crippen molar-refractivity contribution in [1.82, 2.24) is 20.0 Å². The molecule has 0 bridgehead atoms. The van der Waals surface area contributed by atoms with Gasteiger partial charge in [-0.3, -0.25) is 0 Å². The van der Waals surface area contributed by atoms with Crippen LogP contribution in [-0.2, 0) is 0 Å². The number of thiocarbonyl (C=S) groups is 1. The van der Waals surface area contributed by atoms with Gasteiger partial charge >= 0.3 is 6.09 Å². The number of amides is 1. The average molecular weight is 506 g/mol. The average Bonchev–Trinajstić information content (AvgIpc) is 3.21. The molecule has 2 saturated heterocycles. The predicted octanol–water partition coefficient (Wildman–Crippen LogP) is 4.03. The smallest absolute Gasteiger partial charge is 0.407 e. The first kappa shape index (κ1) is 25.1. The number of likely N-dealkylation sites (tertiary alicyclic amines) is 1. The molecule has 2 N–H and O–H groups in total. The van der Waals surface area contributed by atoms with Crippen molar-refractivity contribution in [3.8, 4) is 0 Å². The lowest BCUT2D eigenvalue weighted by atomic mass is 9.88. The quantitative estimate of drug-likeness (QED) is 0.463. The van der Waals surface area contributed by atoms with E-state index in [4.69, 9.17) is 12.2 Å². The molecule has 2 unspecified atom stereocenters. The van der Waals surface area contributed by atoms with E-state index in [1.807, 2.05) is 6.08 Å². The van der Waals surface area contributed by atoms with Crippen LogP contribution in [0.2, 0.25) is 0 Å². The second kappa shape index (κ2) is 11.2. The highest BCUT2D eigenvalue weighted by atomic mass is 32.2. The van der Waals surface area contributed by atoms with E-state index in [1.54, 1.807) is 6.07 Å². The van der Waals surface area contributed by atoms with Crippen molar-refractivity contribution in [2.45, 2.75) is 38.8 Å². The number of hydrogen-bond acceptors (Lipinski definition) is 6. The highest BCUT2D eigenvalue weighted by molar-refractivity contribution is 8.19. The Morgan fingerprint density at radius 1 is 1.32 bits per heavy atom. The Bertz CT molecular complexity index is 992. The van der Waals surface area contributed by atoms with Gasteiger partial charge in [-0.2, -0.15) is 0 Å². The molecule has 3 aliphatic heterocycles. The van der Waals surface area contributed by atoms with E-state index in [9.17, 15) is 14.3 Å². The first-order chi connectivity index (χ1) is 16.4. The lowest BCUT2D eigenvalue weighted by Gasteiger charge is -2.42. The van der Waals surface area contributed by atoms with Crippen LogP contribution in [0.1, 0.15) is 43.9 Å². The lowest BCUT2D eigenvalue weighted by molar-refractivity contribution is 0.0645. The number of halogens is 1. The standard InChI is InChI=1S/C24H32FN5O2S2/c1-3-28(4-2)18-7-10-30(24(31)32)20(15-18)19-14-17(25)6-5-16(19)13-21-22(33)27-23(34-21)29-11-8-26-9-12-29/h5-6,13-14,18,20,26H,3-4,7-12,15H2,1-2H3,(H,31,32). The molecule has 0 radical (unpaired) electrons. The molecule has 0 aromatic heterocycles. The summed E-state index contributed by atoms with van der Waals surface area (Å²) in [7, 11) is 0. The molecule has 184 valence electrons. The van der Waals surface area contributed by atoms with Crippen molar-refractivity contribution in [3.63, 3.8) is 0 Å². The van der Waals surface area contributed by atoms with Gasteiger partial charge in [0, 0.05) is 38.8 Å². The minimum atomic E-state index is -0.971. The van der Waals surface area contributed by atoms with Gasteiger partial charge < -0.3 is 25.1 Å². The zero-order valence-electron chi connectivity index (χ0n) is 19.7. The van der Waals surface area contributed by atoms with Gasteiger partial charge in [0.2, 0.25) is 0 Å². The van der Waals surface area contributed by atoms with E-state index >= 15 is 0 Å². The largest absolute Gasteiger partial charge is 0.465 e. The third-order valence-corrected chi connectivity index (χ3v) is 8.34. The van der Waals surface area contributed by atoms with Crippen molar-refractivity contribution in [3.05, 3.63) is 40.0 Å². The number of piperazine rings is 1. The molecule has 0 saturated carbocycles. The van der Waals surface area contributed by atoms with Crippen molar-refractivity contribution >= 4 is 46.3 Å². The number of nitrogens with one attached hydrogen (secondary N) is 1. The SMILES string of the molecule is CCN(CC)C1CCN(C(=O)O)C(c2cc(F)ccc2C=C2SC(N3CCNCC3)=NC2=S)C1. The number of aliphatic imine (C=N–C) groups is 1. The number of rotatable bonds is 5. The number of piperidine rings is 1. The maximum atomic E-state index is 14.5. The zero-order chi connectivity index (χ0) is 24.2. The molecule has 1 aromatic rings. The fourth-order valence-corrected chi connectivity index (χ4v) is 6.33. The molecule has 3 heterocycles. The Morgan fingerprint density at radius 3 is 2.74 bits per heavy atom. The van der Waals surface area contributed by atoms with E-state index in [0.717, 1.165) is 61.3 Å². The van der Waals surface area contributed by atoms with Crippen LogP contribution in [0.4, 0.5) is 9.18 Å². The molecule has 4 rings (SSSR count). The Morgan fingerprint density at radius 2 is 2.06 bits per heavy atom. The summed E-state index contributed by atoms with van der Waals surface area (Å²) in [5, 5.41) is 14.2. The number of hydrogen-bond donors (Lipinski definition) is 2. The summed E-state index contributed by atoms with van der Waals surface area (Å²) in [5.41, 5.74) is 1.48. The Kier molecular flexibility index (Phi) is 8.23. The molecule has 3 aliphatic rings. The van der Waals surface area contributed by atoms with Crippen molar-refractivity contribution < 1.29 is 14.3 Å². The third-order valence-electron chi connectivity index (χ3n) is 6.84. The molecule has 0 aliphatic carbocycles. The Labute approximate surface area is 210 Å². The van der Waals surface area contributed by atoms with Crippen LogP contribution in [0.15, 0.2) is 28.1 Å². The van der Waals surface area contributed by atoms with E-state index < -0.39 is 12.1 Å². The normalized spacial score (nSPS) is 24.8. The molecule has 10 heteroatoms. The number of nitrogens with zero attached hydrogens (tertiary/aromatic N) is 4. The fraction of sp³-hybridized carbons (Fsp3) is 0.542. The van der Waals surface area contributed by atoms with E-state index in [1.165, 1.54) is 28.8 Å². The molecular formula is C24H32FN5O2S2. The summed E-state index contributed by atoms with van der Waals surface area (Å²) in [6.07, 6.45) is 2.38. The van der Waals surface area contributed by atoms with E-state index in [-0.39, 0.29) is 11.9 Å². The summed E-state index contributed by atoms with van der Waals surface area (Å²) in [6, 6.07) is 4.46. The minimum Gasteiger partial charge on any atom is -0.465 e. The molecule has 7 nitrogen and oxygen atoms in total. The van der Waals surface area contributed by atoms with Crippen LogP contribution in [0.25, 0.3) is 6.08 Å². The van der Waals surface area contributed by atoms with Gasteiger partial charge in [0.1, 0.15) is 10.8 Å². The van der Waals surface area contributed by atoms with Crippen LogP contribution < -0.4 is 5.32 Å². The lowest BCUT2D eigenvalue weighted by Crippen LogP contribution is -2.48. The summed E-state index contributed by atoms with van der Waals surface area (Å²) in [4.78, 5) is 24.1. The van der Waals surface area contributed by atoms with Gasteiger partial charge in [0.25, 0.3) is 0 Å². The summed E-state index contributed by atoms with van der Waals surface area (Å²) >= 11 is 7.09. The second-order valence-corrected chi connectivity index (χ2v) is 10.1. The first-order valence-corrected chi connectivity index (χ1v) is 13.1. The van der Waals surface area contributed by atoms with E-state index in [0.29, 0.717) is 23.5 Å². The van der Waals surface area contributed by atoms with Gasteiger partial charge in [-0.05, 0) is 67.0 Å². The molecule has 1 amide bonds. The van der Waals surface area contributed by atoms with Crippen LogP contribution >= 0.6 is 24.0 Å².